The van der Waals surface area contributed by atoms with E-state index < -0.39 is 0 Å². The van der Waals surface area contributed by atoms with Crippen LogP contribution in [0.25, 0.3) is 50.4 Å². The van der Waals surface area contributed by atoms with Crippen molar-refractivity contribution in [3.8, 4) is 22.4 Å². The van der Waals surface area contributed by atoms with Gasteiger partial charge in [-0.2, -0.15) is 0 Å². The normalized spacial score (nSPS) is 14.4. The quantitative estimate of drug-likeness (QED) is 0.240. The molecule has 7 rings (SSSR count). The standard InChI is InChI=1S/C34H23NO2/c36-34-25(19-22-15-18-32-29(20-22)26-13-7-8-14-31(26)37-32)16-17-27-28(23-9-3-1-4-10-23)21-30(35-33(27)34)24-11-5-2-6-12-24/h1-15,18-21H,16-17H2. The number of hydrogen-bond acceptors (Lipinski definition) is 3. The van der Waals surface area contributed by atoms with Crippen LogP contribution in [0.5, 0.6) is 0 Å². The van der Waals surface area contributed by atoms with Gasteiger partial charge in [-0.25, -0.2) is 4.98 Å². The van der Waals surface area contributed by atoms with Crippen LogP contribution in [0, 0.1) is 0 Å². The van der Waals surface area contributed by atoms with Crippen LogP contribution in [0.15, 0.2) is 119 Å². The highest BCUT2D eigenvalue weighted by Gasteiger charge is 2.27. The number of furan rings is 1. The summed E-state index contributed by atoms with van der Waals surface area (Å²) < 4.78 is 5.98. The topological polar surface area (TPSA) is 43.1 Å². The Kier molecular flexibility index (Phi) is 5.07. The molecule has 0 fully saturated rings. The van der Waals surface area contributed by atoms with E-state index in [1.165, 1.54) is 0 Å². The lowest BCUT2D eigenvalue weighted by molar-refractivity contribution is 0.102. The number of para-hydroxylation sites is 1. The predicted octanol–water partition coefficient (Wildman–Crippen LogP) is 8.53. The maximum atomic E-state index is 13.9. The summed E-state index contributed by atoms with van der Waals surface area (Å²) in [6.07, 6.45) is 3.48. The van der Waals surface area contributed by atoms with Gasteiger partial charge in [0.2, 0.25) is 5.78 Å². The van der Waals surface area contributed by atoms with Crippen LogP contribution >= 0.6 is 0 Å². The van der Waals surface area contributed by atoms with Gasteiger partial charge in [0.1, 0.15) is 16.9 Å². The third-order valence-electron chi connectivity index (χ3n) is 7.17. The number of aromatic nitrogens is 1. The summed E-state index contributed by atoms with van der Waals surface area (Å²) in [6.45, 7) is 0. The van der Waals surface area contributed by atoms with Gasteiger partial charge in [0, 0.05) is 21.9 Å². The number of carbonyl (C=O) groups excluding carboxylic acids is 1. The van der Waals surface area contributed by atoms with Gasteiger partial charge in [0.15, 0.2) is 0 Å². The van der Waals surface area contributed by atoms with Crippen LogP contribution in [0.2, 0.25) is 0 Å². The first-order valence-corrected chi connectivity index (χ1v) is 12.6. The van der Waals surface area contributed by atoms with Gasteiger partial charge in [-0.05, 0) is 65.4 Å². The van der Waals surface area contributed by atoms with Crippen molar-refractivity contribution in [3.05, 3.63) is 132 Å². The lowest BCUT2D eigenvalue weighted by Crippen LogP contribution is -2.18. The molecular formula is C34H23NO2. The van der Waals surface area contributed by atoms with Crippen molar-refractivity contribution in [3.63, 3.8) is 0 Å². The van der Waals surface area contributed by atoms with E-state index >= 15 is 0 Å². The summed E-state index contributed by atoms with van der Waals surface area (Å²) in [5.74, 6) is 0.00774. The van der Waals surface area contributed by atoms with E-state index in [0.29, 0.717) is 12.1 Å². The fraction of sp³-hybridized carbons (Fsp3) is 0.0588. The average Bonchev–Trinajstić information content (AvgIpc) is 3.33. The lowest BCUT2D eigenvalue weighted by Gasteiger charge is -2.21. The van der Waals surface area contributed by atoms with E-state index in [-0.39, 0.29) is 5.78 Å². The number of pyridine rings is 1. The molecular weight excluding hydrogens is 454 g/mol. The SMILES string of the molecule is O=C1C(=Cc2ccc3oc4ccccc4c3c2)CCc2c(-c3ccccc3)cc(-c3ccccc3)nc21. The van der Waals surface area contributed by atoms with E-state index in [9.17, 15) is 4.79 Å². The zero-order valence-electron chi connectivity index (χ0n) is 20.1. The van der Waals surface area contributed by atoms with Crippen molar-refractivity contribution < 1.29 is 9.21 Å². The Morgan fingerprint density at radius 3 is 2.19 bits per heavy atom. The Hall–Kier alpha value is -4.76. The minimum atomic E-state index is 0.00774. The number of rotatable bonds is 3. The number of benzene rings is 4. The number of allylic oxidation sites excluding steroid dienone is 1. The minimum absolute atomic E-state index is 0.00774. The maximum Gasteiger partial charge on any atom is 0.207 e. The number of Topliss-reactive ketones (excluding diaryl/α,β-unsaturated/α-hetero) is 1. The van der Waals surface area contributed by atoms with Crippen LogP contribution in [0.1, 0.15) is 28.0 Å². The van der Waals surface area contributed by atoms with Gasteiger partial charge in [-0.3, -0.25) is 4.79 Å². The van der Waals surface area contributed by atoms with Gasteiger partial charge in [0.05, 0.1) is 5.69 Å². The van der Waals surface area contributed by atoms with Crippen molar-refractivity contribution in [1.82, 2.24) is 4.98 Å². The molecule has 0 unspecified atom stereocenters. The zero-order chi connectivity index (χ0) is 24.8. The summed E-state index contributed by atoms with van der Waals surface area (Å²) in [6, 6.07) is 36.7. The van der Waals surface area contributed by atoms with Gasteiger partial charge in [-0.15, -0.1) is 0 Å². The Morgan fingerprint density at radius 1 is 0.676 bits per heavy atom. The molecule has 176 valence electrons. The van der Waals surface area contributed by atoms with Crippen LogP contribution < -0.4 is 0 Å². The summed E-state index contributed by atoms with van der Waals surface area (Å²) >= 11 is 0. The second-order valence-corrected chi connectivity index (χ2v) is 9.47. The number of fused-ring (bicyclic) bond motifs is 4. The molecule has 2 aromatic heterocycles. The van der Waals surface area contributed by atoms with Crippen LogP contribution in [0.3, 0.4) is 0 Å². The monoisotopic (exact) mass is 477 g/mol. The second-order valence-electron chi connectivity index (χ2n) is 9.47. The molecule has 0 bridgehead atoms. The third-order valence-corrected chi connectivity index (χ3v) is 7.17. The van der Waals surface area contributed by atoms with Crippen LogP contribution in [0.4, 0.5) is 0 Å². The highest BCUT2D eigenvalue weighted by Crippen LogP contribution is 2.36. The molecule has 0 amide bonds. The first-order valence-electron chi connectivity index (χ1n) is 12.6. The molecule has 2 heterocycles. The number of hydrogen-bond donors (Lipinski definition) is 0. The van der Waals surface area contributed by atoms with E-state index in [2.05, 4.69) is 30.3 Å². The van der Waals surface area contributed by atoms with Crippen molar-refractivity contribution in [2.45, 2.75) is 12.8 Å². The van der Waals surface area contributed by atoms with Crippen molar-refractivity contribution in [2.24, 2.45) is 0 Å². The molecule has 0 aliphatic heterocycles. The molecule has 1 aliphatic rings. The Labute approximate surface area is 214 Å². The summed E-state index contributed by atoms with van der Waals surface area (Å²) in [4.78, 5) is 18.8. The molecule has 37 heavy (non-hydrogen) atoms. The van der Waals surface area contributed by atoms with E-state index in [1.54, 1.807) is 0 Å². The molecule has 0 N–H and O–H groups in total. The van der Waals surface area contributed by atoms with Gasteiger partial charge < -0.3 is 4.42 Å². The summed E-state index contributed by atoms with van der Waals surface area (Å²) in [7, 11) is 0. The lowest BCUT2D eigenvalue weighted by atomic mass is 9.84. The Morgan fingerprint density at radius 2 is 1.38 bits per heavy atom. The molecule has 6 aromatic rings. The molecule has 4 aromatic carbocycles. The van der Waals surface area contributed by atoms with E-state index in [0.717, 1.165) is 67.4 Å². The highest BCUT2D eigenvalue weighted by molar-refractivity contribution is 6.13. The van der Waals surface area contributed by atoms with Gasteiger partial charge in [0.25, 0.3) is 0 Å². The molecule has 0 radical (unpaired) electrons. The molecule has 3 heteroatoms. The summed E-state index contributed by atoms with van der Waals surface area (Å²) in [5.41, 5.74) is 9.12. The molecule has 0 spiro atoms. The molecule has 3 nitrogen and oxygen atoms in total. The maximum absolute atomic E-state index is 13.9. The summed E-state index contributed by atoms with van der Waals surface area (Å²) in [5, 5.41) is 2.14. The van der Waals surface area contributed by atoms with Gasteiger partial charge >= 0.3 is 0 Å². The zero-order valence-corrected chi connectivity index (χ0v) is 20.1. The van der Waals surface area contributed by atoms with Crippen molar-refractivity contribution >= 4 is 33.8 Å². The molecule has 1 aliphatic carbocycles. The van der Waals surface area contributed by atoms with Gasteiger partial charge in [-0.1, -0.05) is 84.9 Å². The highest BCUT2D eigenvalue weighted by atomic mass is 16.3. The first-order chi connectivity index (χ1) is 18.2. The second kappa shape index (κ2) is 8.72. The molecule has 0 saturated heterocycles. The fourth-order valence-electron chi connectivity index (χ4n) is 5.34. The molecule has 0 atom stereocenters. The smallest absolute Gasteiger partial charge is 0.207 e. The third kappa shape index (κ3) is 3.76. The Balaban J connectivity index is 1.35. The van der Waals surface area contributed by atoms with Crippen molar-refractivity contribution in [1.29, 1.82) is 0 Å². The predicted molar refractivity (Wildman–Crippen MR) is 149 cm³/mol. The van der Waals surface area contributed by atoms with Crippen LogP contribution in [-0.2, 0) is 6.42 Å². The minimum Gasteiger partial charge on any atom is -0.456 e. The number of carbonyl (C=O) groups is 1. The van der Waals surface area contributed by atoms with Crippen molar-refractivity contribution in [2.75, 3.05) is 0 Å². The number of nitrogens with zero attached hydrogens (tertiary/aromatic N) is 1. The Bertz CT molecular complexity index is 1830. The van der Waals surface area contributed by atoms with E-state index in [1.807, 2.05) is 84.9 Å². The van der Waals surface area contributed by atoms with E-state index in [4.69, 9.17) is 9.40 Å². The fourth-order valence-corrected chi connectivity index (χ4v) is 5.34. The first kappa shape index (κ1) is 21.5. The van der Waals surface area contributed by atoms with Crippen LogP contribution in [-0.4, -0.2) is 10.8 Å². The largest absolute Gasteiger partial charge is 0.456 e. The average molecular weight is 478 g/mol. The number of ketones is 1. The molecule has 0 saturated carbocycles.